The van der Waals surface area contributed by atoms with E-state index in [1.54, 1.807) is 6.07 Å². The molecule has 2 rings (SSSR count). The molecule has 0 fully saturated rings. The van der Waals surface area contributed by atoms with Crippen LogP contribution in [0.3, 0.4) is 0 Å². The minimum Gasteiger partial charge on any atom is -0.439 e. The summed E-state index contributed by atoms with van der Waals surface area (Å²) in [5.41, 5.74) is 11.0. The lowest BCUT2D eigenvalue weighted by molar-refractivity contribution is 0.100. The maximum absolute atomic E-state index is 13.2. The zero-order valence-corrected chi connectivity index (χ0v) is 11.1. The number of amides is 1. The molecule has 98 valence electrons. The largest absolute Gasteiger partial charge is 0.439 e. The first-order chi connectivity index (χ1) is 8.95. The molecule has 1 heterocycles. The molecule has 1 amide bonds. The molecule has 0 saturated carbocycles. The van der Waals surface area contributed by atoms with Crippen molar-refractivity contribution in [1.82, 2.24) is 4.98 Å². The summed E-state index contributed by atoms with van der Waals surface area (Å²) in [7, 11) is 0. The highest BCUT2D eigenvalue weighted by atomic mass is 79.9. The van der Waals surface area contributed by atoms with Gasteiger partial charge in [-0.05, 0) is 12.1 Å². The fraction of sp³-hybridized carbons (Fsp3) is 0. The van der Waals surface area contributed by atoms with E-state index in [1.807, 2.05) is 0 Å². The van der Waals surface area contributed by atoms with Crippen LogP contribution in [-0.2, 0) is 0 Å². The highest BCUT2D eigenvalue weighted by Crippen LogP contribution is 2.26. The van der Waals surface area contributed by atoms with Gasteiger partial charge in [0.2, 0.25) is 5.88 Å². The summed E-state index contributed by atoms with van der Waals surface area (Å²) in [5.74, 6) is -0.819. The molecule has 0 atom stereocenters. The predicted octanol–water partition coefficient (Wildman–Crippen LogP) is 2.46. The second kappa shape index (κ2) is 5.23. The number of nitrogen functional groups attached to an aromatic ring is 1. The Morgan fingerprint density at radius 1 is 1.32 bits per heavy atom. The maximum atomic E-state index is 13.2. The summed E-state index contributed by atoms with van der Waals surface area (Å²) < 4.78 is 19.0. The third-order valence-corrected chi connectivity index (χ3v) is 2.69. The summed E-state index contributed by atoms with van der Waals surface area (Å²) in [6.45, 7) is 0. The number of halogens is 2. The average molecular weight is 326 g/mol. The van der Waals surface area contributed by atoms with Crippen LogP contribution in [0.25, 0.3) is 0 Å². The van der Waals surface area contributed by atoms with E-state index in [1.165, 1.54) is 24.4 Å². The van der Waals surface area contributed by atoms with Crippen LogP contribution in [-0.4, -0.2) is 10.9 Å². The van der Waals surface area contributed by atoms with Gasteiger partial charge in [-0.1, -0.05) is 15.9 Å². The molecule has 0 aliphatic carbocycles. The van der Waals surface area contributed by atoms with Gasteiger partial charge >= 0.3 is 0 Å². The standard InChI is InChI=1S/C12H9BrFN3O2/c13-6-1-7(14)3-8(2-6)19-11-4-9(12(16)18)10(15)5-17-11/h1-5H,15H2,(H2,16,18). The molecule has 4 N–H and O–H groups in total. The second-order valence-corrected chi connectivity index (χ2v) is 4.60. The number of rotatable bonds is 3. The molecule has 19 heavy (non-hydrogen) atoms. The molecule has 0 aliphatic rings. The van der Waals surface area contributed by atoms with Gasteiger partial charge in [0.25, 0.3) is 5.91 Å². The molecule has 0 bridgehead atoms. The van der Waals surface area contributed by atoms with E-state index in [9.17, 15) is 9.18 Å². The Morgan fingerprint density at radius 3 is 2.68 bits per heavy atom. The number of carbonyl (C=O) groups is 1. The third kappa shape index (κ3) is 3.19. The average Bonchev–Trinajstić information content (AvgIpc) is 2.30. The lowest BCUT2D eigenvalue weighted by atomic mass is 10.2. The van der Waals surface area contributed by atoms with Gasteiger partial charge < -0.3 is 16.2 Å². The van der Waals surface area contributed by atoms with Crippen molar-refractivity contribution in [2.75, 3.05) is 5.73 Å². The first-order valence-electron chi connectivity index (χ1n) is 5.15. The predicted molar refractivity (Wildman–Crippen MR) is 71.3 cm³/mol. The first-order valence-corrected chi connectivity index (χ1v) is 5.94. The number of primary amides is 1. The van der Waals surface area contributed by atoms with Crippen molar-refractivity contribution < 1.29 is 13.9 Å². The van der Waals surface area contributed by atoms with Crippen LogP contribution in [0.15, 0.2) is 34.9 Å². The molecule has 7 heteroatoms. The van der Waals surface area contributed by atoms with E-state index in [4.69, 9.17) is 16.2 Å². The Labute approximate surface area is 116 Å². The van der Waals surface area contributed by atoms with E-state index >= 15 is 0 Å². The first kappa shape index (κ1) is 13.3. The highest BCUT2D eigenvalue weighted by molar-refractivity contribution is 9.10. The van der Waals surface area contributed by atoms with Crippen LogP contribution < -0.4 is 16.2 Å². The highest BCUT2D eigenvalue weighted by Gasteiger charge is 2.10. The van der Waals surface area contributed by atoms with Crippen molar-refractivity contribution in [2.45, 2.75) is 0 Å². The Bertz CT molecular complexity index is 629. The van der Waals surface area contributed by atoms with Crippen LogP contribution in [0.2, 0.25) is 0 Å². The minimum atomic E-state index is -0.690. The number of nitrogens with two attached hydrogens (primary N) is 2. The van der Waals surface area contributed by atoms with Crippen molar-refractivity contribution >= 4 is 27.5 Å². The number of aromatic nitrogens is 1. The Morgan fingerprint density at radius 2 is 2.05 bits per heavy atom. The molecular formula is C12H9BrFN3O2. The van der Waals surface area contributed by atoms with Gasteiger partial charge in [-0.15, -0.1) is 0 Å². The van der Waals surface area contributed by atoms with Gasteiger partial charge in [-0.25, -0.2) is 9.37 Å². The van der Waals surface area contributed by atoms with Crippen molar-refractivity contribution in [1.29, 1.82) is 0 Å². The molecule has 2 aromatic rings. The zero-order chi connectivity index (χ0) is 14.0. The van der Waals surface area contributed by atoms with Crippen LogP contribution in [0.5, 0.6) is 11.6 Å². The molecule has 0 aliphatic heterocycles. The Balaban J connectivity index is 2.33. The fourth-order valence-corrected chi connectivity index (χ4v) is 1.87. The van der Waals surface area contributed by atoms with Crippen LogP contribution in [0.1, 0.15) is 10.4 Å². The molecular weight excluding hydrogens is 317 g/mol. The fourth-order valence-electron chi connectivity index (χ4n) is 1.42. The van der Waals surface area contributed by atoms with Crippen molar-refractivity contribution in [3.05, 3.63) is 46.3 Å². The Kier molecular flexibility index (Phi) is 3.66. The summed E-state index contributed by atoms with van der Waals surface area (Å²) in [4.78, 5) is 15.0. The summed E-state index contributed by atoms with van der Waals surface area (Å²) >= 11 is 3.14. The van der Waals surface area contributed by atoms with Gasteiger partial charge in [0.05, 0.1) is 17.4 Å². The Hall–Kier alpha value is -2.15. The molecule has 5 nitrogen and oxygen atoms in total. The summed E-state index contributed by atoms with van der Waals surface area (Å²) in [6, 6.07) is 5.34. The number of anilines is 1. The molecule has 1 aromatic heterocycles. The third-order valence-electron chi connectivity index (χ3n) is 2.23. The molecule has 0 spiro atoms. The van der Waals surface area contributed by atoms with Gasteiger partial charge in [-0.3, -0.25) is 4.79 Å². The lowest BCUT2D eigenvalue weighted by Crippen LogP contribution is -2.13. The molecule has 0 radical (unpaired) electrons. The number of carbonyl (C=O) groups excluding carboxylic acids is 1. The maximum Gasteiger partial charge on any atom is 0.251 e. The summed E-state index contributed by atoms with van der Waals surface area (Å²) in [6.07, 6.45) is 1.25. The van der Waals surface area contributed by atoms with Crippen LogP contribution >= 0.6 is 15.9 Å². The quantitative estimate of drug-likeness (QED) is 0.906. The van der Waals surface area contributed by atoms with Gasteiger partial charge in [0.1, 0.15) is 11.6 Å². The van der Waals surface area contributed by atoms with E-state index < -0.39 is 11.7 Å². The van der Waals surface area contributed by atoms with Crippen molar-refractivity contribution in [3.63, 3.8) is 0 Å². The SMILES string of the molecule is NC(=O)c1cc(Oc2cc(F)cc(Br)c2)ncc1N. The van der Waals surface area contributed by atoms with Crippen LogP contribution in [0.4, 0.5) is 10.1 Å². The van der Waals surface area contributed by atoms with Gasteiger partial charge in [-0.2, -0.15) is 0 Å². The normalized spacial score (nSPS) is 10.2. The smallest absolute Gasteiger partial charge is 0.251 e. The minimum absolute atomic E-state index is 0.0977. The molecule has 1 aromatic carbocycles. The zero-order valence-electron chi connectivity index (χ0n) is 9.56. The molecule has 0 saturated heterocycles. The number of hydrogen-bond donors (Lipinski definition) is 2. The van der Waals surface area contributed by atoms with Crippen molar-refractivity contribution in [2.24, 2.45) is 5.73 Å². The van der Waals surface area contributed by atoms with Crippen molar-refractivity contribution in [3.8, 4) is 11.6 Å². The van der Waals surface area contributed by atoms with E-state index in [2.05, 4.69) is 20.9 Å². The van der Waals surface area contributed by atoms with E-state index in [-0.39, 0.29) is 22.9 Å². The van der Waals surface area contributed by atoms with Crippen LogP contribution in [0, 0.1) is 5.82 Å². The van der Waals surface area contributed by atoms with E-state index in [0.717, 1.165) is 0 Å². The van der Waals surface area contributed by atoms with Gasteiger partial charge in [0, 0.05) is 16.6 Å². The lowest BCUT2D eigenvalue weighted by Gasteiger charge is -2.07. The monoisotopic (exact) mass is 325 g/mol. The van der Waals surface area contributed by atoms with Gasteiger partial charge in [0.15, 0.2) is 0 Å². The number of ether oxygens (including phenoxy) is 1. The summed E-state index contributed by atoms with van der Waals surface area (Å²) in [5, 5.41) is 0. The molecule has 0 unspecified atom stereocenters. The number of hydrogen-bond acceptors (Lipinski definition) is 4. The number of benzene rings is 1. The topological polar surface area (TPSA) is 91.2 Å². The second-order valence-electron chi connectivity index (χ2n) is 3.68. The number of pyridine rings is 1. The van der Waals surface area contributed by atoms with E-state index in [0.29, 0.717) is 4.47 Å². The number of nitrogens with zero attached hydrogens (tertiary/aromatic N) is 1.